The molecule has 0 saturated heterocycles. The molecule has 5 nitrogen and oxygen atoms in total. The van der Waals surface area contributed by atoms with Gasteiger partial charge >= 0.3 is 0 Å². The van der Waals surface area contributed by atoms with Crippen molar-refractivity contribution in [3.63, 3.8) is 0 Å². The van der Waals surface area contributed by atoms with Crippen LogP contribution in [0, 0.1) is 10.8 Å². The molecule has 0 bridgehead atoms. The Labute approximate surface area is 108 Å². The van der Waals surface area contributed by atoms with Gasteiger partial charge in [-0.25, -0.2) is 0 Å². The molecule has 0 aromatic rings. The van der Waals surface area contributed by atoms with Gasteiger partial charge in [0, 0.05) is 6.54 Å². The first-order valence-corrected chi connectivity index (χ1v) is 6.79. The fourth-order valence-corrected chi connectivity index (χ4v) is 2.70. The highest BCUT2D eigenvalue weighted by atomic mass is 16.4. The molecule has 2 aliphatic rings. The third kappa shape index (κ3) is 2.44. The molecular formula is C13H23N3O2. The van der Waals surface area contributed by atoms with Crippen molar-refractivity contribution in [2.45, 2.75) is 51.9 Å². The first-order valence-electron chi connectivity index (χ1n) is 6.79. The van der Waals surface area contributed by atoms with Crippen LogP contribution in [0.15, 0.2) is 5.16 Å². The second-order valence-corrected chi connectivity index (χ2v) is 6.12. The Morgan fingerprint density at radius 2 is 1.89 bits per heavy atom. The van der Waals surface area contributed by atoms with Gasteiger partial charge in [-0.2, -0.15) is 0 Å². The van der Waals surface area contributed by atoms with Crippen LogP contribution in [-0.2, 0) is 4.79 Å². The van der Waals surface area contributed by atoms with Crippen LogP contribution in [0.25, 0.3) is 0 Å². The molecule has 2 saturated carbocycles. The number of amidine groups is 1. The van der Waals surface area contributed by atoms with Crippen molar-refractivity contribution in [3.8, 4) is 0 Å². The van der Waals surface area contributed by atoms with E-state index in [4.69, 9.17) is 10.9 Å². The first kappa shape index (κ1) is 13.2. The van der Waals surface area contributed by atoms with Gasteiger partial charge in [0.15, 0.2) is 5.84 Å². The topological polar surface area (TPSA) is 87.7 Å². The Bertz CT molecular complexity index is 355. The summed E-state index contributed by atoms with van der Waals surface area (Å²) in [6.45, 7) is 2.87. The molecule has 0 unspecified atom stereocenters. The molecule has 0 atom stereocenters. The van der Waals surface area contributed by atoms with Crippen molar-refractivity contribution in [3.05, 3.63) is 0 Å². The van der Waals surface area contributed by atoms with E-state index in [0.29, 0.717) is 19.4 Å². The van der Waals surface area contributed by atoms with Crippen LogP contribution >= 0.6 is 0 Å². The average molecular weight is 253 g/mol. The Hall–Kier alpha value is -1.26. The molecule has 0 radical (unpaired) electrons. The summed E-state index contributed by atoms with van der Waals surface area (Å²) in [5, 5.41) is 15.0. The molecule has 2 rings (SSSR count). The summed E-state index contributed by atoms with van der Waals surface area (Å²) >= 11 is 0. The number of nitrogens with one attached hydrogen (secondary N) is 1. The predicted octanol–water partition coefficient (Wildman–Crippen LogP) is 1.60. The minimum absolute atomic E-state index is 0.0642. The number of oxime groups is 1. The zero-order chi connectivity index (χ0) is 13.2. The minimum atomic E-state index is -0.780. The summed E-state index contributed by atoms with van der Waals surface area (Å²) in [7, 11) is 0. The lowest BCUT2D eigenvalue weighted by atomic mass is 9.72. The van der Waals surface area contributed by atoms with Gasteiger partial charge in [-0.15, -0.1) is 0 Å². The molecule has 0 aliphatic heterocycles. The molecule has 1 amide bonds. The monoisotopic (exact) mass is 253 g/mol. The smallest absolute Gasteiger partial charge is 0.233 e. The molecule has 2 fully saturated rings. The van der Waals surface area contributed by atoms with E-state index < -0.39 is 5.41 Å². The number of rotatable bonds is 4. The number of amides is 1. The van der Waals surface area contributed by atoms with Gasteiger partial charge in [-0.1, -0.05) is 31.3 Å². The minimum Gasteiger partial charge on any atom is -0.409 e. The zero-order valence-electron chi connectivity index (χ0n) is 11.0. The van der Waals surface area contributed by atoms with Crippen molar-refractivity contribution in [2.24, 2.45) is 21.7 Å². The van der Waals surface area contributed by atoms with E-state index in [1.54, 1.807) is 0 Å². The van der Waals surface area contributed by atoms with Gasteiger partial charge in [0.2, 0.25) is 5.91 Å². The lowest BCUT2D eigenvalue weighted by Crippen LogP contribution is -2.51. The third-order valence-corrected chi connectivity index (χ3v) is 4.52. The Morgan fingerprint density at radius 3 is 2.39 bits per heavy atom. The molecule has 5 heteroatoms. The zero-order valence-corrected chi connectivity index (χ0v) is 11.0. The Balaban J connectivity index is 2.05. The maximum atomic E-state index is 12.4. The van der Waals surface area contributed by atoms with Gasteiger partial charge in [0.1, 0.15) is 5.41 Å². The molecule has 0 aromatic heterocycles. The maximum Gasteiger partial charge on any atom is 0.233 e. The molecule has 0 spiro atoms. The van der Waals surface area contributed by atoms with Crippen LogP contribution < -0.4 is 11.1 Å². The summed E-state index contributed by atoms with van der Waals surface area (Å²) in [4.78, 5) is 12.4. The van der Waals surface area contributed by atoms with Crippen LogP contribution in [0.5, 0.6) is 0 Å². The number of hydrogen-bond donors (Lipinski definition) is 3. The second-order valence-electron chi connectivity index (χ2n) is 6.12. The van der Waals surface area contributed by atoms with Crippen molar-refractivity contribution >= 4 is 11.7 Å². The Kier molecular flexibility index (Phi) is 3.50. The van der Waals surface area contributed by atoms with Crippen molar-refractivity contribution in [1.82, 2.24) is 5.32 Å². The molecule has 2 aliphatic carbocycles. The second kappa shape index (κ2) is 4.78. The normalized spacial score (nSPS) is 25.5. The van der Waals surface area contributed by atoms with Gasteiger partial charge in [-0.05, 0) is 31.1 Å². The van der Waals surface area contributed by atoms with Gasteiger partial charge in [-0.3, -0.25) is 4.79 Å². The number of carbonyl (C=O) groups excluding carboxylic acids is 1. The van der Waals surface area contributed by atoms with Crippen LogP contribution in [0.2, 0.25) is 0 Å². The molecule has 18 heavy (non-hydrogen) atoms. The molecule has 4 N–H and O–H groups in total. The van der Waals surface area contributed by atoms with E-state index in [1.807, 2.05) is 0 Å². The van der Waals surface area contributed by atoms with E-state index in [1.165, 1.54) is 12.8 Å². The van der Waals surface area contributed by atoms with E-state index in [2.05, 4.69) is 17.4 Å². The third-order valence-electron chi connectivity index (χ3n) is 4.52. The number of nitrogens with zero attached hydrogens (tertiary/aromatic N) is 1. The van der Waals surface area contributed by atoms with Crippen LogP contribution in [-0.4, -0.2) is 23.5 Å². The summed E-state index contributed by atoms with van der Waals surface area (Å²) in [6.07, 6.45) is 6.75. The number of nitrogens with two attached hydrogens (primary N) is 1. The number of hydrogen-bond acceptors (Lipinski definition) is 3. The van der Waals surface area contributed by atoms with Crippen LogP contribution in [0.1, 0.15) is 51.9 Å². The van der Waals surface area contributed by atoms with Crippen molar-refractivity contribution < 1.29 is 10.0 Å². The fourth-order valence-electron chi connectivity index (χ4n) is 2.70. The van der Waals surface area contributed by atoms with Crippen molar-refractivity contribution in [2.75, 3.05) is 6.54 Å². The Morgan fingerprint density at radius 1 is 1.28 bits per heavy atom. The quantitative estimate of drug-likeness (QED) is 0.308. The summed E-state index contributed by atoms with van der Waals surface area (Å²) in [6, 6.07) is 0. The summed E-state index contributed by atoms with van der Waals surface area (Å²) < 4.78 is 0. The highest BCUT2D eigenvalue weighted by Gasteiger charge is 2.45. The first-order chi connectivity index (χ1) is 8.52. The molecule has 0 heterocycles. The lowest BCUT2D eigenvalue weighted by Gasteiger charge is -2.34. The summed E-state index contributed by atoms with van der Waals surface area (Å²) in [5.74, 6) is 0.00581. The average Bonchev–Trinajstić information content (AvgIpc) is 3.14. The van der Waals surface area contributed by atoms with E-state index in [0.717, 1.165) is 19.3 Å². The van der Waals surface area contributed by atoms with Crippen LogP contribution in [0.3, 0.4) is 0 Å². The highest BCUT2D eigenvalue weighted by Crippen LogP contribution is 2.44. The van der Waals surface area contributed by atoms with Gasteiger partial charge in [0.05, 0.1) is 0 Å². The van der Waals surface area contributed by atoms with E-state index in [9.17, 15) is 4.79 Å². The van der Waals surface area contributed by atoms with E-state index >= 15 is 0 Å². The summed E-state index contributed by atoms with van der Waals surface area (Å²) in [5.41, 5.74) is 5.27. The lowest BCUT2D eigenvalue weighted by molar-refractivity contribution is -0.129. The highest BCUT2D eigenvalue weighted by molar-refractivity contribution is 6.06. The molecule has 0 aromatic carbocycles. The van der Waals surface area contributed by atoms with Gasteiger partial charge < -0.3 is 16.3 Å². The van der Waals surface area contributed by atoms with Gasteiger partial charge in [0.25, 0.3) is 0 Å². The standard InChI is InChI=1S/C13H23N3O2/c1-12(7-8-12)9-15-11(17)13(10(14)16-18)5-3-2-4-6-13/h18H,2-9H2,1H3,(H2,14,16)(H,15,17). The number of carbonyl (C=O) groups is 1. The molecular weight excluding hydrogens is 230 g/mol. The van der Waals surface area contributed by atoms with Crippen LogP contribution in [0.4, 0.5) is 0 Å². The predicted molar refractivity (Wildman–Crippen MR) is 69.3 cm³/mol. The fraction of sp³-hybridized carbons (Fsp3) is 0.846. The molecule has 102 valence electrons. The van der Waals surface area contributed by atoms with Crippen molar-refractivity contribution in [1.29, 1.82) is 0 Å². The largest absolute Gasteiger partial charge is 0.409 e. The SMILES string of the molecule is CC1(CNC(=O)C2(C(N)=NO)CCCCC2)CC1. The maximum absolute atomic E-state index is 12.4. The van der Waals surface area contributed by atoms with E-state index in [-0.39, 0.29) is 17.2 Å².